The van der Waals surface area contributed by atoms with Crippen molar-refractivity contribution < 1.29 is 13.5 Å². The van der Waals surface area contributed by atoms with E-state index >= 15 is 0 Å². The van der Waals surface area contributed by atoms with E-state index in [-0.39, 0.29) is 23.3 Å². The van der Waals surface area contributed by atoms with Gasteiger partial charge >= 0.3 is 6.55 Å². The first-order valence-electron chi connectivity index (χ1n) is 11.8. The standard InChI is InChI=1S/C25H26F2N8O/c1-15-10-19(7-9-33(15)13-28)35-16(2)23(31-32-35)18-11-21-24(34(14-30-21)25(26)27)22(12-18)36-17(3)20-6-4-5-8-29-20/h4-6,8,11-12,14-15,17,19,25H,7,9-10H2,1-3H3/t15-,17+,19?/m0/s1. The average molecular weight is 493 g/mol. The number of halogens is 2. The Morgan fingerprint density at radius 3 is 2.75 bits per heavy atom. The summed E-state index contributed by atoms with van der Waals surface area (Å²) < 4.78 is 36.4. The molecule has 186 valence electrons. The predicted octanol–water partition coefficient (Wildman–Crippen LogP) is 5.04. The van der Waals surface area contributed by atoms with Crippen LogP contribution in [0, 0.1) is 18.4 Å². The number of nitriles is 1. The van der Waals surface area contributed by atoms with Crippen LogP contribution in [0.1, 0.15) is 56.8 Å². The van der Waals surface area contributed by atoms with Gasteiger partial charge in [-0.15, -0.1) is 5.10 Å². The van der Waals surface area contributed by atoms with Gasteiger partial charge in [0.15, 0.2) is 6.19 Å². The van der Waals surface area contributed by atoms with Gasteiger partial charge in [0.1, 0.15) is 29.4 Å². The van der Waals surface area contributed by atoms with Crippen LogP contribution in [0.2, 0.25) is 0 Å². The van der Waals surface area contributed by atoms with Gasteiger partial charge in [0, 0.05) is 24.3 Å². The molecule has 0 N–H and O–H groups in total. The average Bonchev–Trinajstić information content (AvgIpc) is 3.48. The Bertz CT molecular complexity index is 1410. The Hall–Kier alpha value is -4.07. The predicted molar refractivity (Wildman–Crippen MR) is 128 cm³/mol. The van der Waals surface area contributed by atoms with Crippen LogP contribution >= 0.6 is 0 Å². The highest BCUT2D eigenvalue weighted by Gasteiger charge is 2.29. The SMILES string of the molecule is Cc1c(-c2cc(O[C@H](C)c3ccccn3)c3c(c2)ncn3C(F)F)nnn1C1CCN(C#N)[C@@H](C)C1. The maximum Gasteiger partial charge on any atom is 0.320 e. The summed E-state index contributed by atoms with van der Waals surface area (Å²) in [6.45, 7) is 3.69. The van der Waals surface area contributed by atoms with Gasteiger partial charge < -0.3 is 9.64 Å². The summed E-state index contributed by atoms with van der Waals surface area (Å²) in [4.78, 5) is 10.3. The number of fused-ring (bicyclic) bond motifs is 1. The van der Waals surface area contributed by atoms with Crippen LogP contribution in [0.25, 0.3) is 22.3 Å². The van der Waals surface area contributed by atoms with Crippen LogP contribution in [0.3, 0.4) is 0 Å². The molecule has 36 heavy (non-hydrogen) atoms. The number of alkyl halides is 2. The Morgan fingerprint density at radius 1 is 1.22 bits per heavy atom. The molecule has 0 aliphatic carbocycles. The van der Waals surface area contributed by atoms with Gasteiger partial charge in [0.2, 0.25) is 0 Å². The van der Waals surface area contributed by atoms with Gasteiger partial charge in [-0.1, -0.05) is 11.3 Å². The number of imidazole rings is 1. The fraction of sp³-hybridized carbons (Fsp3) is 0.400. The lowest BCUT2D eigenvalue weighted by Crippen LogP contribution is -2.38. The van der Waals surface area contributed by atoms with Crippen molar-refractivity contribution in [1.82, 2.24) is 34.4 Å². The van der Waals surface area contributed by atoms with Crippen LogP contribution in [-0.2, 0) is 0 Å². The highest BCUT2D eigenvalue weighted by atomic mass is 19.3. The number of benzene rings is 1. The molecule has 3 aromatic heterocycles. The quantitative estimate of drug-likeness (QED) is 0.348. The fourth-order valence-corrected chi connectivity index (χ4v) is 4.85. The number of likely N-dealkylation sites (tertiary alicyclic amines) is 1. The van der Waals surface area contributed by atoms with Crippen molar-refractivity contribution in [2.75, 3.05) is 6.54 Å². The summed E-state index contributed by atoms with van der Waals surface area (Å²) in [6.07, 6.45) is 6.11. The zero-order valence-corrected chi connectivity index (χ0v) is 20.2. The molecule has 9 nitrogen and oxygen atoms in total. The zero-order valence-electron chi connectivity index (χ0n) is 20.2. The summed E-state index contributed by atoms with van der Waals surface area (Å²) in [5.74, 6) is 0.267. The number of hydrogen-bond donors (Lipinski definition) is 0. The Kier molecular flexibility index (Phi) is 6.26. The maximum absolute atomic E-state index is 13.8. The summed E-state index contributed by atoms with van der Waals surface area (Å²) in [6, 6.07) is 9.15. The first kappa shape index (κ1) is 23.7. The molecule has 1 aliphatic rings. The van der Waals surface area contributed by atoms with E-state index in [4.69, 9.17) is 4.74 Å². The Labute approximate surface area is 206 Å². The molecule has 5 rings (SSSR count). The Balaban J connectivity index is 1.53. The topological polar surface area (TPSA) is 97.7 Å². The van der Waals surface area contributed by atoms with E-state index in [0.717, 1.165) is 29.4 Å². The highest BCUT2D eigenvalue weighted by molar-refractivity contribution is 5.87. The summed E-state index contributed by atoms with van der Waals surface area (Å²) >= 11 is 0. The maximum atomic E-state index is 13.8. The normalized spacial score (nSPS) is 19.0. The number of aromatic nitrogens is 6. The van der Waals surface area contributed by atoms with E-state index < -0.39 is 12.7 Å². The third kappa shape index (κ3) is 4.23. The second-order valence-corrected chi connectivity index (χ2v) is 9.07. The monoisotopic (exact) mass is 492 g/mol. The van der Waals surface area contributed by atoms with E-state index in [1.807, 2.05) is 37.6 Å². The first-order chi connectivity index (χ1) is 17.4. The fourth-order valence-electron chi connectivity index (χ4n) is 4.85. The van der Waals surface area contributed by atoms with E-state index in [1.165, 1.54) is 0 Å². The van der Waals surface area contributed by atoms with E-state index in [9.17, 15) is 14.0 Å². The molecule has 0 radical (unpaired) electrons. The minimum atomic E-state index is -2.77. The molecule has 3 atom stereocenters. The second-order valence-electron chi connectivity index (χ2n) is 9.07. The van der Waals surface area contributed by atoms with E-state index in [0.29, 0.717) is 29.0 Å². The minimum Gasteiger partial charge on any atom is -0.482 e. The second kappa shape index (κ2) is 9.53. The smallest absolute Gasteiger partial charge is 0.320 e. The molecule has 1 aliphatic heterocycles. The van der Waals surface area contributed by atoms with E-state index in [1.54, 1.807) is 29.3 Å². The van der Waals surface area contributed by atoms with Crippen LogP contribution < -0.4 is 4.74 Å². The van der Waals surface area contributed by atoms with Crippen molar-refractivity contribution in [2.45, 2.75) is 58.3 Å². The molecule has 1 fully saturated rings. The molecule has 11 heteroatoms. The molecule has 0 bridgehead atoms. The molecule has 0 spiro atoms. The number of hydrogen-bond acceptors (Lipinski definition) is 7. The lowest BCUT2D eigenvalue weighted by Gasteiger charge is -2.34. The molecular formula is C25H26F2N8O. The third-order valence-corrected chi connectivity index (χ3v) is 6.78. The van der Waals surface area contributed by atoms with Crippen molar-refractivity contribution in [1.29, 1.82) is 5.26 Å². The molecule has 0 saturated carbocycles. The molecule has 0 amide bonds. The lowest BCUT2D eigenvalue weighted by atomic mass is 9.98. The highest BCUT2D eigenvalue weighted by Crippen LogP contribution is 2.37. The van der Waals surface area contributed by atoms with Crippen LogP contribution in [-0.4, -0.2) is 47.0 Å². The molecule has 1 saturated heterocycles. The number of pyridine rings is 1. The van der Waals surface area contributed by atoms with Crippen molar-refractivity contribution in [3.05, 3.63) is 54.2 Å². The molecule has 4 heterocycles. The molecule has 1 aromatic carbocycles. The van der Waals surface area contributed by atoms with Gasteiger partial charge in [-0.05, 0) is 57.9 Å². The summed E-state index contributed by atoms with van der Waals surface area (Å²) in [7, 11) is 0. The summed E-state index contributed by atoms with van der Waals surface area (Å²) in [5, 5.41) is 18.1. The third-order valence-electron chi connectivity index (χ3n) is 6.78. The number of nitrogens with zero attached hydrogens (tertiary/aromatic N) is 8. The van der Waals surface area contributed by atoms with Gasteiger partial charge in [-0.25, -0.2) is 9.67 Å². The minimum absolute atomic E-state index is 0.114. The molecular weight excluding hydrogens is 466 g/mol. The van der Waals surface area contributed by atoms with Crippen molar-refractivity contribution in [2.24, 2.45) is 0 Å². The number of rotatable bonds is 6. The van der Waals surface area contributed by atoms with Gasteiger partial charge in [0.25, 0.3) is 0 Å². The summed E-state index contributed by atoms with van der Waals surface area (Å²) in [5.41, 5.74) is 3.43. The van der Waals surface area contributed by atoms with Gasteiger partial charge in [0.05, 0.1) is 22.9 Å². The van der Waals surface area contributed by atoms with Gasteiger partial charge in [-0.3, -0.25) is 9.55 Å². The van der Waals surface area contributed by atoms with Crippen molar-refractivity contribution in [3.63, 3.8) is 0 Å². The first-order valence-corrected chi connectivity index (χ1v) is 11.8. The van der Waals surface area contributed by atoms with Gasteiger partial charge in [-0.2, -0.15) is 14.0 Å². The lowest BCUT2D eigenvalue weighted by molar-refractivity contribution is 0.0737. The van der Waals surface area contributed by atoms with Crippen molar-refractivity contribution >= 4 is 11.0 Å². The van der Waals surface area contributed by atoms with Crippen molar-refractivity contribution in [3.8, 4) is 23.2 Å². The molecule has 1 unspecified atom stereocenters. The van der Waals surface area contributed by atoms with Crippen LogP contribution in [0.15, 0.2) is 42.9 Å². The number of piperidine rings is 1. The number of ether oxygens (including phenoxy) is 1. The molecule has 4 aromatic rings. The zero-order chi connectivity index (χ0) is 25.4. The van der Waals surface area contributed by atoms with E-state index in [2.05, 4.69) is 26.5 Å². The Morgan fingerprint density at radius 2 is 2.06 bits per heavy atom. The largest absolute Gasteiger partial charge is 0.482 e. The van der Waals surface area contributed by atoms with Crippen LogP contribution in [0.5, 0.6) is 5.75 Å². The van der Waals surface area contributed by atoms with Crippen LogP contribution in [0.4, 0.5) is 8.78 Å².